The van der Waals surface area contributed by atoms with Crippen LogP contribution in [0.2, 0.25) is 0 Å². The van der Waals surface area contributed by atoms with Crippen LogP contribution < -0.4 is 5.73 Å². The second-order valence-corrected chi connectivity index (χ2v) is 3.44. The highest BCUT2D eigenvalue weighted by molar-refractivity contribution is 5.73. The van der Waals surface area contributed by atoms with Gasteiger partial charge in [-0.25, -0.2) is 0 Å². The Bertz CT molecular complexity index is 172. The molecule has 4 nitrogen and oxygen atoms in total. The van der Waals surface area contributed by atoms with Gasteiger partial charge in [-0.1, -0.05) is 6.42 Å². The molecule has 0 aromatic heterocycles. The van der Waals surface area contributed by atoms with Gasteiger partial charge in [-0.3, -0.25) is 4.79 Å². The zero-order valence-electron chi connectivity index (χ0n) is 6.94. The van der Waals surface area contributed by atoms with Gasteiger partial charge in [-0.05, 0) is 25.2 Å². The molecular formula is C8H15NO3. The number of aliphatic carboxylic acids is 1. The second kappa shape index (κ2) is 3.87. The molecule has 4 heteroatoms. The molecule has 0 aromatic rings. The van der Waals surface area contributed by atoms with Crippen LogP contribution in [0.4, 0.5) is 0 Å². The van der Waals surface area contributed by atoms with Gasteiger partial charge in [0, 0.05) is 0 Å². The fraction of sp³-hybridized carbons (Fsp3) is 0.875. The van der Waals surface area contributed by atoms with Crippen molar-refractivity contribution in [2.24, 2.45) is 11.7 Å². The zero-order valence-corrected chi connectivity index (χ0v) is 6.94. The van der Waals surface area contributed by atoms with E-state index in [0.717, 1.165) is 19.3 Å². The van der Waals surface area contributed by atoms with Gasteiger partial charge in [0.1, 0.15) is 6.04 Å². The average molecular weight is 173 g/mol. The molecule has 0 saturated heterocycles. The third-order valence-corrected chi connectivity index (χ3v) is 2.48. The number of carboxylic acids is 1. The number of nitrogens with two attached hydrogens (primary N) is 1. The smallest absolute Gasteiger partial charge is 0.320 e. The van der Waals surface area contributed by atoms with Crippen molar-refractivity contribution in [3.05, 3.63) is 0 Å². The van der Waals surface area contributed by atoms with E-state index in [-0.39, 0.29) is 12.0 Å². The Hall–Kier alpha value is -0.610. The maximum atomic E-state index is 10.5. The Balaban J connectivity index is 2.45. The SMILES string of the molecule is NC(C(=O)O)C1CCCC(O)C1. The van der Waals surface area contributed by atoms with Gasteiger partial charge in [0.2, 0.25) is 0 Å². The van der Waals surface area contributed by atoms with Crippen LogP contribution in [0.3, 0.4) is 0 Å². The minimum atomic E-state index is -0.964. The molecule has 70 valence electrons. The molecule has 1 saturated carbocycles. The molecule has 1 aliphatic rings. The van der Waals surface area contributed by atoms with E-state index in [9.17, 15) is 9.90 Å². The Morgan fingerprint density at radius 1 is 1.50 bits per heavy atom. The summed E-state index contributed by atoms with van der Waals surface area (Å²) in [5, 5.41) is 17.9. The minimum Gasteiger partial charge on any atom is -0.480 e. The summed E-state index contributed by atoms with van der Waals surface area (Å²) in [4.78, 5) is 10.5. The first kappa shape index (κ1) is 9.48. The Morgan fingerprint density at radius 2 is 2.17 bits per heavy atom. The van der Waals surface area contributed by atoms with Crippen molar-refractivity contribution >= 4 is 5.97 Å². The summed E-state index contributed by atoms with van der Waals surface area (Å²) in [6, 6.07) is -0.806. The van der Waals surface area contributed by atoms with Crippen LogP contribution in [0.5, 0.6) is 0 Å². The molecule has 0 bridgehead atoms. The monoisotopic (exact) mass is 173 g/mol. The molecule has 0 aromatic carbocycles. The molecule has 0 aliphatic heterocycles. The van der Waals surface area contributed by atoms with E-state index < -0.39 is 12.0 Å². The molecule has 1 fully saturated rings. The number of hydrogen-bond acceptors (Lipinski definition) is 3. The molecule has 0 radical (unpaired) electrons. The van der Waals surface area contributed by atoms with Crippen molar-refractivity contribution in [1.82, 2.24) is 0 Å². The summed E-state index contributed by atoms with van der Waals surface area (Å²) in [6.07, 6.45) is 2.67. The maximum Gasteiger partial charge on any atom is 0.320 e. The van der Waals surface area contributed by atoms with Gasteiger partial charge in [0.25, 0.3) is 0 Å². The summed E-state index contributed by atoms with van der Waals surface area (Å²) in [5.41, 5.74) is 5.44. The van der Waals surface area contributed by atoms with Gasteiger partial charge in [0.05, 0.1) is 6.10 Å². The van der Waals surface area contributed by atoms with Gasteiger partial charge < -0.3 is 15.9 Å². The zero-order chi connectivity index (χ0) is 9.14. The van der Waals surface area contributed by atoms with Gasteiger partial charge >= 0.3 is 5.97 Å². The van der Waals surface area contributed by atoms with Crippen molar-refractivity contribution in [3.63, 3.8) is 0 Å². The van der Waals surface area contributed by atoms with E-state index in [1.807, 2.05) is 0 Å². The number of carbonyl (C=O) groups is 1. The first-order valence-electron chi connectivity index (χ1n) is 4.27. The van der Waals surface area contributed by atoms with Crippen molar-refractivity contribution in [2.75, 3.05) is 0 Å². The molecule has 3 unspecified atom stereocenters. The molecule has 0 spiro atoms. The highest BCUT2D eigenvalue weighted by atomic mass is 16.4. The lowest BCUT2D eigenvalue weighted by molar-refractivity contribution is -0.140. The fourth-order valence-electron chi connectivity index (χ4n) is 1.73. The highest BCUT2D eigenvalue weighted by Gasteiger charge is 2.29. The number of hydrogen-bond donors (Lipinski definition) is 3. The molecule has 3 atom stereocenters. The fourth-order valence-corrected chi connectivity index (χ4v) is 1.73. The van der Waals surface area contributed by atoms with Crippen LogP contribution in [0.15, 0.2) is 0 Å². The van der Waals surface area contributed by atoms with Crippen molar-refractivity contribution in [1.29, 1.82) is 0 Å². The summed E-state index contributed by atoms with van der Waals surface area (Å²) in [6.45, 7) is 0. The van der Waals surface area contributed by atoms with E-state index in [4.69, 9.17) is 10.8 Å². The van der Waals surface area contributed by atoms with Crippen molar-refractivity contribution < 1.29 is 15.0 Å². The van der Waals surface area contributed by atoms with Gasteiger partial charge in [-0.15, -0.1) is 0 Å². The summed E-state index contributed by atoms with van der Waals surface area (Å²) < 4.78 is 0. The molecule has 12 heavy (non-hydrogen) atoms. The van der Waals surface area contributed by atoms with Crippen LogP contribution in [0.25, 0.3) is 0 Å². The summed E-state index contributed by atoms with van der Waals surface area (Å²) in [7, 11) is 0. The summed E-state index contributed by atoms with van der Waals surface area (Å²) in [5.74, 6) is -1.01. The predicted octanol–water partition coefficient (Wildman–Crippen LogP) is -0.0506. The molecular weight excluding hydrogens is 158 g/mol. The molecule has 1 aliphatic carbocycles. The third kappa shape index (κ3) is 2.19. The largest absolute Gasteiger partial charge is 0.480 e. The maximum absolute atomic E-state index is 10.5. The Kier molecular flexibility index (Phi) is 3.05. The first-order valence-corrected chi connectivity index (χ1v) is 4.27. The number of aliphatic hydroxyl groups is 1. The number of carboxylic acid groups (broad SMARTS) is 1. The van der Waals surface area contributed by atoms with Crippen LogP contribution in [0, 0.1) is 5.92 Å². The van der Waals surface area contributed by atoms with E-state index in [0.29, 0.717) is 6.42 Å². The van der Waals surface area contributed by atoms with E-state index in [1.54, 1.807) is 0 Å². The number of aliphatic hydroxyl groups excluding tert-OH is 1. The summed E-state index contributed by atoms with van der Waals surface area (Å²) >= 11 is 0. The normalized spacial score (nSPS) is 32.8. The third-order valence-electron chi connectivity index (χ3n) is 2.48. The number of rotatable bonds is 2. The molecule has 0 amide bonds. The lowest BCUT2D eigenvalue weighted by Gasteiger charge is -2.28. The standard InChI is InChI=1S/C8H15NO3/c9-7(8(11)12)5-2-1-3-6(10)4-5/h5-7,10H,1-4,9H2,(H,11,12). The topological polar surface area (TPSA) is 83.6 Å². The molecule has 0 heterocycles. The van der Waals surface area contributed by atoms with Crippen LogP contribution in [0.1, 0.15) is 25.7 Å². The van der Waals surface area contributed by atoms with E-state index in [1.165, 1.54) is 0 Å². The first-order chi connectivity index (χ1) is 5.61. The van der Waals surface area contributed by atoms with E-state index >= 15 is 0 Å². The predicted molar refractivity (Wildman–Crippen MR) is 43.6 cm³/mol. The quantitative estimate of drug-likeness (QED) is 0.546. The van der Waals surface area contributed by atoms with Gasteiger partial charge in [-0.2, -0.15) is 0 Å². The van der Waals surface area contributed by atoms with Crippen LogP contribution in [-0.2, 0) is 4.79 Å². The van der Waals surface area contributed by atoms with Crippen molar-refractivity contribution in [2.45, 2.75) is 37.8 Å². The van der Waals surface area contributed by atoms with E-state index in [2.05, 4.69) is 0 Å². The van der Waals surface area contributed by atoms with Crippen LogP contribution >= 0.6 is 0 Å². The molecule has 4 N–H and O–H groups in total. The second-order valence-electron chi connectivity index (χ2n) is 3.44. The highest BCUT2D eigenvalue weighted by Crippen LogP contribution is 2.26. The Labute approximate surface area is 71.4 Å². The van der Waals surface area contributed by atoms with Crippen molar-refractivity contribution in [3.8, 4) is 0 Å². The van der Waals surface area contributed by atoms with Gasteiger partial charge in [0.15, 0.2) is 0 Å². The Morgan fingerprint density at radius 3 is 2.67 bits per heavy atom. The lowest BCUT2D eigenvalue weighted by atomic mass is 9.83. The minimum absolute atomic E-state index is 0.0498. The average Bonchev–Trinajstić information content (AvgIpc) is 2.03. The van der Waals surface area contributed by atoms with Crippen LogP contribution in [-0.4, -0.2) is 28.3 Å². The molecule has 1 rings (SSSR count). The lowest BCUT2D eigenvalue weighted by Crippen LogP contribution is -2.41.